The Kier molecular flexibility index (Phi) is 3.94. The molecule has 21 heavy (non-hydrogen) atoms. The lowest BCUT2D eigenvalue weighted by molar-refractivity contribution is 0.0950. The number of carbonyl (C=O) groups excluding carboxylic acids is 1. The van der Waals surface area contributed by atoms with E-state index in [0.717, 1.165) is 21.0 Å². The Labute approximate surface area is 129 Å². The minimum Gasteiger partial charge on any atom is -0.276 e. The molecule has 0 radical (unpaired) electrons. The molecule has 7 heteroatoms. The van der Waals surface area contributed by atoms with Crippen LogP contribution in [0.25, 0.3) is 10.6 Å². The van der Waals surface area contributed by atoms with Gasteiger partial charge < -0.3 is 0 Å². The van der Waals surface area contributed by atoms with Gasteiger partial charge in [-0.1, -0.05) is 6.07 Å². The van der Waals surface area contributed by atoms with E-state index in [2.05, 4.69) is 20.7 Å². The fraction of sp³-hybridized carbons (Fsp3) is 0.0714. The number of nitrogens with zero attached hydrogens (tertiary/aromatic N) is 2. The van der Waals surface area contributed by atoms with Crippen molar-refractivity contribution in [2.45, 2.75) is 6.92 Å². The summed E-state index contributed by atoms with van der Waals surface area (Å²) in [5.41, 5.74) is 4.76. The molecule has 1 amide bonds. The van der Waals surface area contributed by atoms with Crippen LogP contribution in [0, 0.1) is 6.92 Å². The molecule has 0 unspecified atom stereocenters. The van der Waals surface area contributed by atoms with Gasteiger partial charge in [0.1, 0.15) is 0 Å². The van der Waals surface area contributed by atoms with E-state index in [4.69, 9.17) is 0 Å². The van der Waals surface area contributed by atoms with Crippen LogP contribution in [-0.2, 0) is 0 Å². The van der Waals surface area contributed by atoms with Crippen LogP contribution in [-0.4, -0.2) is 22.3 Å². The molecule has 0 bridgehead atoms. The molecule has 0 atom stereocenters. The van der Waals surface area contributed by atoms with Crippen molar-refractivity contribution in [1.29, 1.82) is 0 Å². The largest absolute Gasteiger partial charge is 0.291 e. The fourth-order valence-corrected chi connectivity index (χ4v) is 3.20. The first-order valence-electron chi connectivity index (χ1n) is 6.21. The van der Waals surface area contributed by atoms with Gasteiger partial charge in [-0.05, 0) is 41.4 Å². The van der Waals surface area contributed by atoms with Crippen molar-refractivity contribution in [3.05, 3.63) is 51.2 Å². The number of aromatic amines is 1. The zero-order valence-corrected chi connectivity index (χ0v) is 12.8. The summed E-state index contributed by atoms with van der Waals surface area (Å²) in [6, 6.07) is 7.65. The molecule has 3 rings (SSSR count). The van der Waals surface area contributed by atoms with Crippen molar-refractivity contribution in [2.24, 2.45) is 5.10 Å². The highest BCUT2D eigenvalue weighted by atomic mass is 32.1. The molecule has 106 valence electrons. The molecule has 0 aliphatic rings. The van der Waals surface area contributed by atoms with E-state index in [0.29, 0.717) is 5.69 Å². The van der Waals surface area contributed by atoms with Crippen LogP contribution in [0.2, 0.25) is 0 Å². The molecule has 3 aromatic heterocycles. The summed E-state index contributed by atoms with van der Waals surface area (Å²) in [5, 5.41) is 14.8. The van der Waals surface area contributed by atoms with Crippen LogP contribution in [0.5, 0.6) is 0 Å². The minimum absolute atomic E-state index is 0.318. The molecule has 0 aliphatic carbocycles. The molecule has 3 aromatic rings. The van der Waals surface area contributed by atoms with E-state index in [1.807, 2.05) is 35.9 Å². The summed E-state index contributed by atoms with van der Waals surface area (Å²) < 4.78 is 0. The van der Waals surface area contributed by atoms with Crippen LogP contribution in [0.1, 0.15) is 20.9 Å². The summed E-state index contributed by atoms with van der Waals surface area (Å²) in [6.45, 7) is 2.00. The highest BCUT2D eigenvalue weighted by Gasteiger charge is 2.11. The van der Waals surface area contributed by atoms with Crippen molar-refractivity contribution in [1.82, 2.24) is 15.6 Å². The van der Waals surface area contributed by atoms with Gasteiger partial charge in [0, 0.05) is 4.88 Å². The highest BCUT2D eigenvalue weighted by molar-refractivity contribution is 7.13. The predicted octanol–water partition coefficient (Wildman–Crippen LogP) is 3.27. The molecular weight excluding hydrogens is 304 g/mol. The van der Waals surface area contributed by atoms with E-state index in [-0.39, 0.29) is 5.91 Å². The predicted molar refractivity (Wildman–Crippen MR) is 86.0 cm³/mol. The van der Waals surface area contributed by atoms with Gasteiger partial charge in [-0.15, -0.1) is 22.7 Å². The number of H-pyrrole nitrogens is 1. The van der Waals surface area contributed by atoms with E-state index in [1.165, 1.54) is 0 Å². The van der Waals surface area contributed by atoms with Crippen molar-refractivity contribution in [3.63, 3.8) is 0 Å². The van der Waals surface area contributed by atoms with E-state index in [9.17, 15) is 4.79 Å². The van der Waals surface area contributed by atoms with E-state index >= 15 is 0 Å². The molecular formula is C14H12N4OS2. The number of hydrogen-bond donors (Lipinski definition) is 2. The van der Waals surface area contributed by atoms with Gasteiger partial charge in [-0.2, -0.15) is 10.2 Å². The van der Waals surface area contributed by atoms with Gasteiger partial charge in [0.2, 0.25) is 0 Å². The Balaban J connectivity index is 1.66. The van der Waals surface area contributed by atoms with Gasteiger partial charge in [-0.3, -0.25) is 9.89 Å². The van der Waals surface area contributed by atoms with Crippen LogP contribution >= 0.6 is 22.7 Å². The third-order valence-electron chi connectivity index (χ3n) is 2.85. The number of carbonyl (C=O) groups is 1. The van der Waals surface area contributed by atoms with Crippen LogP contribution in [0.3, 0.4) is 0 Å². The van der Waals surface area contributed by atoms with Crippen molar-refractivity contribution in [3.8, 4) is 10.6 Å². The maximum atomic E-state index is 11.9. The average molecular weight is 316 g/mol. The summed E-state index contributed by atoms with van der Waals surface area (Å²) in [6.07, 6.45) is 1.64. The van der Waals surface area contributed by atoms with Crippen LogP contribution in [0.4, 0.5) is 0 Å². The van der Waals surface area contributed by atoms with Gasteiger partial charge in [0.25, 0.3) is 5.91 Å². The Morgan fingerprint density at radius 1 is 1.38 bits per heavy atom. The quantitative estimate of drug-likeness (QED) is 0.573. The highest BCUT2D eigenvalue weighted by Crippen LogP contribution is 2.22. The first-order chi connectivity index (χ1) is 10.2. The average Bonchev–Trinajstić information content (AvgIpc) is 3.19. The maximum Gasteiger partial charge on any atom is 0.291 e. The van der Waals surface area contributed by atoms with Gasteiger partial charge in [0.15, 0.2) is 5.69 Å². The number of rotatable bonds is 4. The lowest BCUT2D eigenvalue weighted by Crippen LogP contribution is -2.17. The number of hydrazone groups is 1. The minimum atomic E-state index is -0.334. The molecule has 0 saturated heterocycles. The molecule has 0 spiro atoms. The number of hydrogen-bond acceptors (Lipinski definition) is 5. The first-order valence-corrected chi connectivity index (χ1v) is 7.97. The molecule has 0 aliphatic heterocycles. The second-order valence-electron chi connectivity index (χ2n) is 4.31. The zero-order chi connectivity index (χ0) is 14.7. The normalized spacial score (nSPS) is 11.1. The lowest BCUT2D eigenvalue weighted by atomic mass is 10.3. The molecule has 0 aromatic carbocycles. The molecule has 3 heterocycles. The summed E-state index contributed by atoms with van der Waals surface area (Å²) in [4.78, 5) is 14.0. The Hall–Kier alpha value is -2.25. The van der Waals surface area contributed by atoms with Gasteiger partial charge >= 0.3 is 0 Å². The SMILES string of the molecule is Cc1ccsc1C=NNC(=O)c1cc(-c2cccs2)[nH]n1. The number of nitrogens with one attached hydrogen (secondary N) is 2. The standard InChI is InChI=1S/C14H12N4OS2/c1-9-4-6-21-13(9)8-15-18-14(19)11-7-10(16-17-11)12-3-2-5-20-12/h2-8H,1H3,(H,16,17)(H,18,19). The third kappa shape index (κ3) is 3.09. The zero-order valence-electron chi connectivity index (χ0n) is 11.2. The first kappa shape index (κ1) is 13.7. The number of thiophene rings is 2. The van der Waals surface area contributed by atoms with Crippen LogP contribution in [0.15, 0.2) is 40.1 Å². The smallest absolute Gasteiger partial charge is 0.276 e. The molecule has 5 nitrogen and oxygen atoms in total. The molecule has 0 fully saturated rings. The maximum absolute atomic E-state index is 11.9. The lowest BCUT2D eigenvalue weighted by Gasteiger charge is -1.94. The van der Waals surface area contributed by atoms with Crippen LogP contribution < -0.4 is 5.43 Å². The van der Waals surface area contributed by atoms with Gasteiger partial charge in [-0.25, -0.2) is 5.43 Å². The van der Waals surface area contributed by atoms with Crippen molar-refractivity contribution < 1.29 is 4.79 Å². The topological polar surface area (TPSA) is 70.1 Å². The monoisotopic (exact) mass is 316 g/mol. The van der Waals surface area contributed by atoms with E-state index in [1.54, 1.807) is 35.0 Å². The Morgan fingerprint density at radius 3 is 3.00 bits per heavy atom. The third-order valence-corrected chi connectivity index (χ3v) is 4.70. The Bertz CT molecular complexity index is 771. The van der Waals surface area contributed by atoms with Crippen molar-refractivity contribution in [2.75, 3.05) is 0 Å². The summed E-state index contributed by atoms with van der Waals surface area (Å²) in [5.74, 6) is -0.334. The van der Waals surface area contributed by atoms with E-state index < -0.39 is 0 Å². The number of aromatic nitrogens is 2. The molecule has 0 saturated carbocycles. The summed E-state index contributed by atoms with van der Waals surface area (Å²) in [7, 11) is 0. The fourth-order valence-electron chi connectivity index (χ4n) is 1.72. The summed E-state index contributed by atoms with van der Waals surface area (Å²) >= 11 is 3.17. The second kappa shape index (κ2) is 6.02. The Morgan fingerprint density at radius 2 is 2.29 bits per heavy atom. The van der Waals surface area contributed by atoms with Crippen molar-refractivity contribution >= 4 is 34.8 Å². The van der Waals surface area contributed by atoms with Gasteiger partial charge in [0.05, 0.1) is 16.8 Å². The molecule has 2 N–H and O–H groups in total. The second-order valence-corrected chi connectivity index (χ2v) is 6.21. The number of amides is 1. The number of aryl methyl sites for hydroxylation is 1.